The minimum absolute atomic E-state index is 0.155. The molecule has 0 saturated carbocycles. The average molecular weight is 428 g/mol. The van der Waals surface area contributed by atoms with Gasteiger partial charge in [-0.25, -0.2) is 8.42 Å². The van der Waals surface area contributed by atoms with E-state index in [2.05, 4.69) is 0 Å². The van der Waals surface area contributed by atoms with Crippen molar-refractivity contribution in [1.82, 2.24) is 4.31 Å². The van der Waals surface area contributed by atoms with Gasteiger partial charge >= 0.3 is 0 Å². The van der Waals surface area contributed by atoms with E-state index in [4.69, 9.17) is 21.1 Å². The molecule has 0 radical (unpaired) electrons. The van der Waals surface area contributed by atoms with Crippen LogP contribution in [-0.2, 0) is 10.0 Å². The van der Waals surface area contributed by atoms with Gasteiger partial charge in [-0.3, -0.25) is 0 Å². The molecule has 0 spiro atoms. The van der Waals surface area contributed by atoms with E-state index in [-0.39, 0.29) is 10.3 Å². The third kappa shape index (κ3) is 4.37. The molecule has 1 heterocycles. The minimum Gasteiger partial charge on any atom is -0.494 e. The minimum atomic E-state index is -3.74. The summed E-state index contributed by atoms with van der Waals surface area (Å²) in [6, 6.07) is 12.2. The number of ether oxygens (including phenoxy) is 2. The third-order valence-corrected chi connectivity index (χ3v) is 7.63. The highest BCUT2D eigenvalue weighted by molar-refractivity contribution is 8.01. The highest BCUT2D eigenvalue weighted by atomic mass is 35.5. The lowest BCUT2D eigenvalue weighted by Crippen LogP contribution is -2.31. The Hall–Kier alpha value is -1.41. The fourth-order valence-corrected chi connectivity index (χ4v) is 6.52. The van der Waals surface area contributed by atoms with Gasteiger partial charge in [0.15, 0.2) is 0 Å². The normalized spacial score (nSPS) is 17.8. The SMILES string of the molecule is CCOc1ccc(S(=O)(=O)N2CCSC2c2cccc(Cl)c2)c(OCC)c1. The van der Waals surface area contributed by atoms with Crippen LogP contribution in [0.4, 0.5) is 0 Å². The molecule has 1 unspecified atom stereocenters. The number of thioether (sulfide) groups is 1. The van der Waals surface area contributed by atoms with Gasteiger partial charge in [-0.1, -0.05) is 23.7 Å². The molecule has 0 amide bonds. The summed E-state index contributed by atoms with van der Waals surface area (Å²) in [5.74, 6) is 1.62. The highest BCUT2D eigenvalue weighted by Gasteiger charge is 2.38. The van der Waals surface area contributed by atoms with Gasteiger partial charge in [-0.15, -0.1) is 11.8 Å². The second-order valence-corrected chi connectivity index (χ2v) is 9.35. The van der Waals surface area contributed by atoms with Crippen molar-refractivity contribution in [3.8, 4) is 11.5 Å². The summed E-state index contributed by atoms with van der Waals surface area (Å²) in [5.41, 5.74) is 0.873. The molecular weight excluding hydrogens is 406 g/mol. The van der Waals surface area contributed by atoms with Crippen LogP contribution in [0.25, 0.3) is 0 Å². The molecule has 1 saturated heterocycles. The van der Waals surface area contributed by atoms with Gasteiger partial charge in [-0.2, -0.15) is 4.31 Å². The lowest BCUT2D eigenvalue weighted by Gasteiger charge is -2.25. The van der Waals surface area contributed by atoms with E-state index in [1.54, 1.807) is 36.0 Å². The number of hydrogen-bond donors (Lipinski definition) is 0. The van der Waals surface area contributed by atoms with E-state index >= 15 is 0 Å². The van der Waals surface area contributed by atoms with Crippen molar-refractivity contribution >= 4 is 33.4 Å². The van der Waals surface area contributed by atoms with Crippen LogP contribution >= 0.6 is 23.4 Å². The molecule has 146 valence electrons. The molecule has 5 nitrogen and oxygen atoms in total. The standard InChI is InChI=1S/C19H22ClNO4S2/c1-3-24-16-8-9-18(17(13-16)25-4-2)27(22,23)21-10-11-26-19(21)14-6-5-7-15(20)12-14/h5-9,12-13,19H,3-4,10-11H2,1-2H3. The van der Waals surface area contributed by atoms with Gasteiger partial charge in [0, 0.05) is 23.4 Å². The molecule has 0 aromatic heterocycles. The Bertz CT molecular complexity index is 904. The molecule has 0 N–H and O–H groups in total. The molecule has 1 aliphatic heterocycles. The molecular formula is C19H22ClNO4S2. The van der Waals surface area contributed by atoms with Crippen LogP contribution in [-0.4, -0.2) is 38.2 Å². The van der Waals surface area contributed by atoms with E-state index in [9.17, 15) is 8.42 Å². The summed E-state index contributed by atoms with van der Waals surface area (Å²) in [7, 11) is -3.74. The second kappa shape index (κ2) is 8.73. The number of rotatable bonds is 7. The highest BCUT2D eigenvalue weighted by Crippen LogP contribution is 2.43. The molecule has 8 heteroatoms. The zero-order valence-electron chi connectivity index (χ0n) is 15.2. The van der Waals surface area contributed by atoms with E-state index in [0.29, 0.717) is 36.3 Å². The van der Waals surface area contributed by atoms with Crippen LogP contribution in [0.15, 0.2) is 47.4 Å². The number of halogens is 1. The fraction of sp³-hybridized carbons (Fsp3) is 0.368. The van der Waals surface area contributed by atoms with Crippen molar-refractivity contribution in [2.75, 3.05) is 25.5 Å². The zero-order valence-corrected chi connectivity index (χ0v) is 17.6. The molecule has 27 heavy (non-hydrogen) atoms. The summed E-state index contributed by atoms with van der Waals surface area (Å²) >= 11 is 7.69. The predicted octanol–water partition coefficient (Wildman–Crippen LogP) is 4.57. The Morgan fingerprint density at radius 3 is 2.63 bits per heavy atom. The Morgan fingerprint density at radius 1 is 1.15 bits per heavy atom. The number of sulfonamides is 1. The summed E-state index contributed by atoms with van der Waals surface area (Å²) in [6.07, 6.45) is 0. The van der Waals surface area contributed by atoms with Crippen LogP contribution in [0.3, 0.4) is 0 Å². The van der Waals surface area contributed by atoms with Gasteiger partial charge in [0.1, 0.15) is 16.4 Å². The first-order chi connectivity index (χ1) is 13.0. The van der Waals surface area contributed by atoms with Gasteiger partial charge in [-0.05, 0) is 43.7 Å². The lowest BCUT2D eigenvalue weighted by molar-refractivity contribution is 0.315. The summed E-state index contributed by atoms with van der Waals surface area (Å²) in [6.45, 7) is 5.00. The van der Waals surface area contributed by atoms with Crippen LogP contribution in [0.5, 0.6) is 11.5 Å². The van der Waals surface area contributed by atoms with Crippen molar-refractivity contribution in [3.05, 3.63) is 53.1 Å². The smallest absolute Gasteiger partial charge is 0.248 e. The number of nitrogens with zero attached hydrogens (tertiary/aromatic N) is 1. The molecule has 1 fully saturated rings. The van der Waals surface area contributed by atoms with Crippen molar-refractivity contribution < 1.29 is 17.9 Å². The first kappa shape index (κ1) is 20.3. The molecule has 2 aromatic rings. The summed E-state index contributed by atoms with van der Waals surface area (Å²) in [4.78, 5) is 0.155. The maximum absolute atomic E-state index is 13.4. The zero-order chi connectivity index (χ0) is 19.4. The second-order valence-electron chi connectivity index (χ2n) is 5.87. The Kier molecular flexibility index (Phi) is 6.57. The van der Waals surface area contributed by atoms with Crippen molar-refractivity contribution in [2.45, 2.75) is 24.1 Å². The first-order valence-corrected chi connectivity index (χ1v) is 11.6. The molecule has 0 aliphatic carbocycles. The quantitative estimate of drug-likeness (QED) is 0.647. The van der Waals surface area contributed by atoms with Gasteiger partial charge in [0.25, 0.3) is 0 Å². The maximum Gasteiger partial charge on any atom is 0.248 e. The van der Waals surface area contributed by atoms with Crippen molar-refractivity contribution in [3.63, 3.8) is 0 Å². The van der Waals surface area contributed by atoms with E-state index < -0.39 is 10.0 Å². The van der Waals surface area contributed by atoms with Crippen molar-refractivity contribution in [1.29, 1.82) is 0 Å². The predicted molar refractivity (Wildman–Crippen MR) is 109 cm³/mol. The van der Waals surface area contributed by atoms with E-state index in [1.807, 2.05) is 32.0 Å². The van der Waals surface area contributed by atoms with Gasteiger partial charge in [0.05, 0.1) is 18.6 Å². The van der Waals surface area contributed by atoms with Crippen LogP contribution in [0, 0.1) is 0 Å². The molecule has 1 atom stereocenters. The Balaban J connectivity index is 2.00. The Morgan fingerprint density at radius 2 is 1.93 bits per heavy atom. The molecule has 0 bridgehead atoms. The van der Waals surface area contributed by atoms with Crippen LogP contribution in [0.1, 0.15) is 24.8 Å². The summed E-state index contributed by atoms with van der Waals surface area (Å²) < 4.78 is 39.5. The van der Waals surface area contributed by atoms with E-state index in [1.165, 1.54) is 4.31 Å². The average Bonchev–Trinajstić information content (AvgIpc) is 3.13. The Labute approximate surface area is 169 Å². The molecule has 3 rings (SSSR count). The summed E-state index contributed by atoms with van der Waals surface area (Å²) in [5, 5.41) is 0.281. The number of benzene rings is 2. The van der Waals surface area contributed by atoms with Gasteiger partial charge in [0.2, 0.25) is 10.0 Å². The third-order valence-electron chi connectivity index (χ3n) is 4.10. The van der Waals surface area contributed by atoms with Crippen LogP contribution < -0.4 is 9.47 Å². The van der Waals surface area contributed by atoms with Crippen LogP contribution in [0.2, 0.25) is 5.02 Å². The molecule has 2 aromatic carbocycles. The fourth-order valence-electron chi connectivity index (χ4n) is 2.98. The molecule has 1 aliphatic rings. The van der Waals surface area contributed by atoms with Gasteiger partial charge < -0.3 is 9.47 Å². The largest absolute Gasteiger partial charge is 0.494 e. The topological polar surface area (TPSA) is 55.8 Å². The number of hydrogen-bond acceptors (Lipinski definition) is 5. The monoisotopic (exact) mass is 427 g/mol. The van der Waals surface area contributed by atoms with Crippen molar-refractivity contribution in [2.24, 2.45) is 0 Å². The first-order valence-electron chi connectivity index (χ1n) is 8.76. The van der Waals surface area contributed by atoms with E-state index in [0.717, 1.165) is 11.3 Å². The lowest BCUT2D eigenvalue weighted by atomic mass is 10.2. The maximum atomic E-state index is 13.4.